The topological polar surface area (TPSA) is 96.9 Å². The maximum Gasteiger partial charge on any atom is 0.410 e. The van der Waals surface area contributed by atoms with Crippen molar-refractivity contribution in [1.29, 1.82) is 0 Å². The van der Waals surface area contributed by atoms with Gasteiger partial charge in [0.15, 0.2) is 5.13 Å². The maximum atomic E-state index is 13.3. The predicted octanol–water partition coefficient (Wildman–Crippen LogP) is 4.25. The molecular formula is C25H35N5O4S. The molecule has 2 aliphatic rings. The normalized spacial score (nSPS) is 18.9. The van der Waals surface area contributed by atoms with Gasteiger partial charge in [-0.05, 0) is 65.0 Å². The van der Waals surface area contributed by atoms with Crippen LogP contribution in [0.25, 0.3) is 0 Å². The molecule has 0 saturated carbocycles. The molecule has 1 atom stereocenters. The van der Waals surface area contributed by atoms with Gasteiger partial charge in [0.1, 0.15) is 11.4 Å². The van der Waals surface area contributed by atoms with Crippen LogP contribution in [0.4, 0.5) is 15.7 Å². The summed E-state index contributed by atoms with van der Waals surface area (Å²) in [6.07, 6.45) is 4.13. The summed E-state index contributed by atoms with van der Waals surface area (Å²) in [5, 5.41) is 4.01. The number of aryl methyl sites for hydroxylation is 1. The third kappa shape index (κ3) is 7.14. The SMILES string of the molecule is Cc1cnc(Nc2cc(C(=O)N3CCOCC3)cc(C[C@H]3CCCN(C(=O)OC(C)(C)C)C3)n2)s1. The quantitative estimate of drug-likeness (QED) is 0.654. The Morgan fingerprint density at radius 2 is 1.97 bits per heavy atom. The van der Waals surface area contributed by atoms with E-state index < -0.39 is 5.60 Å². The lowest BCUT2D eigenvalue weighted by Crippen LogP contribution is -2.43. The molecule has 190 valence electrons. The average molecular weight is 502 g/mol. The third-order valence-corrected chi connectivity index (χ3v) is 6.78. The van der Waals surface area contributed by atoms with Crippen molar-refractivity contribution in [1.82, 2.24) is 19.8 Å². The molecule has 2 aromatic rings. The maximum absolute atomic E-state index is 13.3. The number of carbonyl (C=O) groups excluding carboxylic acids is 2. The Morgan fingerprint density at radius 1 is 1.20 bits per heavy atom. The second kappa shape index (κ2) is 10.9. The number of ether oxygens (including phenoxy) is 2. The van der Waals surface area contributed by atoms with Gasteiger partial charge in [-0.1, -0.05) is 0 Å². The lowest BCUT2D eigenvalue weighted by atomic mass is 9.93. The molecule has 10 heteroatoms. The number of nitrogens with one attached hydrogen (secondary N) is 1. The number of anilines is 2. The van der Waals surface area contributed by atoms with E-state index in [1.807, 2.05) is 44.9 Å². The molecule has 9 nitrogen and oxygen atoms in total. The number of carbonyl (C=O) groups is 2. The summed E-state index contributed by atoms with van der Waals surface area (Å²) in [5.74, 6) is 0.829. The monoisotopic (exact) mass is 501 g/mol. The minimum atomic E-state index is -0.519. The molecule has 0 aliphatic carbocycles. The van der Waals surface area contributed by atoms with Gasteiger partial charge in [-0.3, -0.25) is 4.79 Å². The van der Waals surface area contributed by atoms with E-state index in [1.165, 1.54) is 0 Å². The first-order chi connectivity index (χ1) is 16.7. The van der Waals surface area contributed by atoms with Crippen LogP contribution in [-0.2, 0) is 15.9 Å². The molecule has 35 heavy (non-hydrogen) atoms. The van der Waals surface area contributed by atoms with Gasteiger partial charge < -0.3 is 24.6 Å². The highest BCUT2D eigenvalue weighted by molar-refractivity contribution is 7.15. The highest BCUT2D eigenvalue weighted by Crippen LogP contribution is 2.26. The molecule has 4 heterocycles. The highest BCUT2D eigenvalue weighted by atomic mass is 32.1. The first kappa shape index (κ1) is 25.4. The molecule has 1 N–H and O–H groups in total. The minimum absolute atomic E-state index is 0.0191. The summed E-state index contributed by atoms with van der Waals surface area (Å²) < 4.78 is 11.0. The van der Waals surface area contributed by atoms with E-state index >= 15 is 0 Å². The Kier molecular flexibility index (Phi) is 7.91. The number of hydrogen-bond acceptors (Lipinski definition) is 8. The molecule has 0 aromatic carbocycles. The number of pyridine rings is 1. The van der Waals surface area contributed by atoms with Crippen molar-refractivity contribution in [2.45, 2.75) is 52.6 Å². The van der Waals surface area contributed by atoms with Crippen molar-refractivity contribution >= 4 is 34.3 Å². The summed E-state index contributed by atoms with van der Waals surface area (Å²) in [5.41, 5.74) is 0.914. The zero-order valence-electron chi connectivity index (χ0n) is 21.0. The van der Waals surface area contributed by atoms with Gasteiger partial charge in [-0.25, -0.2) is 14.8 Å². The number of likely N-dealkylation sites (tertiary alicyclic amines) is 1. The van der Waals surface area contributed by atoms with Crippen LogP contribution < -0.4 is 5.32 Å². The van der Waals surface area contributed by atoms with Crippen LogP contribution in [0.5, 0.6) is 0 Å². The molecular weight excluding hydrogens is 466 g/mol. The minimum Gasteiger partial charge on any atom is -0.444 e. The molecule has 0 radical (unpaired) electrons. The fourth-order valence-corrected chi connectivity index (χ4v) is 5.04. The van der Waals surface area contributed by atoms with E-state index in [4.69, 9.17) is 14.5 Å². The molecule has 0 unspecified atom stereocenters. The summed E-state index contributed by atoms with van der Waals surface area (Å²) in [6, 6.07) is 3.69. The number of amides is 2. The molecule has 4 rings (SSSR count). The number of hydrogen-bond donors (Lipinski definition) is 1. The van der Waals surface area contributed by atoms with Crippen LogP contribution in [-0.4, -0.2) is 76.8 Å². The van der Waals surface area contributed by atoms with Crippen LogP contribution in [0.1, 0.15) is 54.5 Å². The summed E-state index contributed by atoms with van der Waals surface area (Å²) >= 11 is 1.54. The number of thiazole rings is 1. The van der Waals surface area contributed by atoms with Gasteiger partial charge in [-0.15, -0.1) is 11.3 Å². The first-order valence-electron chi connectivity index (χ1n) is 12.2. The third-order valence-electron chi connectivity index (χ3n) is 5.95. The molecule has 2 aromatic heterocycles. The van der Waals surface area contributed by atoms with Crippen LogP contribution in [0, 0.1) is 12.8 Å². The van der Waals surface area contributed by atoms with Crippen molar-refractivity contribution < 1.29 is 19.1 Å². The van der Waals surface area contributed by atoms with Crippen LogP contribution in [0.2, 0.25) is 0 Å². The van der Waals surface area contributed by atoms with E-state index in [2.05, 4.69) is 10.3 Å². The number of nitrogens with zero attached hydrogens (tertiary/aromatic N) is 4. The predicted molar refractivity (Wildman–Crippen MR) is 135 cm³/mol. The smallest absolute Gasteiger partial charge is 0.410 e. The lowest BCUT2D eigenvalue weighted by molar-refractivity contribution is 0.0165. The van der Waals surface area contributed by atoms with Gasteiger partial charge in [0.05, 0.1) is 13.2 Å². The Bertz CT molecular complexity index is 1040. The second-order valence-electron chi connectivity index (χ2n) is 10.2. The fourth-order valence-electron chi connectivity index (χ4n) is 4.37. The molecule has 2 fully saturated rings. The molecule has 0 spiro atoms. The average Bonchev–Trinajstić information content (AvgIpc) is 3.22. The van der Waals surface area contributed by atoms with Crippen LogP contribution in [0.15, 0.2) is 18.3 Å². The summed E-state index contributed by atoms with van der Waals surface area (Å²) in [4.78, 5) is 39.8. The summed E-state index contributed by atoms with van der Waals surface area (Å²) in [7, 11) is 0. The van der Waals surface area contributed by atoms with Crippen molar-refractivity contribution in [2.75, 3.05) is 44.7 Å². The van der Waals surface area contributed by atoms with Crippen molar-refractivity contribution in [3.05, 3.63) is 34.5 Å². The molecule has 2 saturated heterocycles. The van der Waals surface area contributed by atoms with E-state index in [0.717, 1.165) is 28.5 Å². The zero-order chi connectivity index (χ0) is 25.0. The second-order valence-corrected chi connectivity index (χ2v) is 11.4. The molecule has 2 aliphatic heterocycles. The number of rotatable bonds is 5. The standard InChI is InChI=1S/C25H35N5O4S/c1-17-15-26-23(35-17)28-21-14-19(22(31)29-8-10-33-11-9-29)13-20(27-21)12-18-6-5-7-30(16-18)24(32)34-25(2,3)4/h13-15,18H,5-12,16H2,1-4H3,(H,26,27,28)/t18-/m1/s1. The van der Waals surface area contributed by atoms with E-state index in [1.54, 1.807) is 22.3 Å². The Balaban J connectivity index is 1.52. The Labute approximate surface area is 210 Å². The zero-order valence-corrected chi connectivity index (χ0v) is 21.8. The van der Waals surface area contributed by atoms with Crippen LogP contribution >= 0.6 is 11.3 Å². The van der Waals surface area contributed by atoms with Crippen molar-refractivity contribution in [3.8, 4) is 0 Å². The fraction of sp³-hybridized carbons (Fsp3) is 0.600. The van der Waals surface area contributed by atoms with E-state index in [0.29, 0.717) is 57.2 Å². The van der Waals surface area contributed by atoms with Gasteiger partial charge >= 0.3 is 6.09 Å². The lowest BCUT2D eigenvalue weighted by Gasteiger charge is -2.34. The number of piperidine rings is 1. The van der Waals surface area contributed by atoms with Gasteiger partial charge in [-0.2, -0.15) is 0 Å². The molecule has 0 bridgehead atoms. The Morgan fingerprint density at radius 3 is 2.66 bits per heavy atom. The first-order valence-corrected chi connectivity index (χ1v) is 13.0. The number of aromatic nitrogens is 2. The van der Waals surface area contributed by atoms with Gasteiger partial charge in [0, 0.05) is 48.5 Å². The van der Waals surface area contributed by atoms with Crippen LogP contribution in [0.3, 0.4) is 0 Å². The van der Waals surface area contributed by atoms with E-state index in [9.17, 15) is 9.59 Å². The molecule has 2 amide bonds. The summed E-state index contributed by atoms with van der Waals surface area (Å²) in [6.45, 7) is 11.2. The largest absolute Gasteiger partial charge is 0.444 e. The van der Waals surface area contributed by atoms with E-state index in [-0.39, 0.29) is 17.9 Å². The highest BCUT2D eigenvalue weighted by Gasteiger charge is 2.28. The van der Waals surface area contributed by atoms with Crippen molar-refractivity contribution in [2.24, 2.45) is 5.92 Å². The Hall–Kier alpha value is -2.72. The van der Waals surface area contributed by atoms with Gasteiger partial charge in [0.25, 0.3) is 5.91 Å². The van der Waals surface area contributed by atoms with Gasteiger partial charge in [0.2, 0.25) is 0 Å². The van der Waals surface area contributed by atoms with Crippen molar-refractivity contribution in [3.63, 3.8) is 0 Å². The number of morpholine rings is 1.